The molecule has 1 saturated heterocycles. The summed E-state index contributed by atoms with van der Waals surface area (Å²) in [5.41, 5.74) is 1.16. The van der Waals surface area contributed by atoms with Gasteiger partial charge in [0.05, 0.1) is 0 Å². The van der Waals surface area contributed by atoms with Gasteiger partial charge in [0.15, 0.2) is 0 Å². The van der Waals surface area contributed by atoms with Crippen LogP contribution in [0.4, 0.5) is 11.5 Å². The van der Waals surface area contributed by atoms with Gasteiger partial charge in [-0.15, -0.1) is 0 Å². The average molecular weight is 325 g/mol. The van der Waals surface area contributed by atoms with E-state index in [0.29, 0.717) is 11.5 Å². The molecule has 1 aliphatic rings. The fourth-order valence-electron chi connectivity index (χ4n) is 2.84. The van der Waals surface area contributed by atoms with Crippen molar-refractivity contribution in [2.45, 2.75) is 13.8 Å². The van der Waals surface area contributed by atoms with Crippen molar-refractivity contribution in [3.05, 3.63) is 47.9 Å². The fraction of sp³-hybridized carbons (Fsp3) is 0.389. The Balaban J connectivity index is 1.75. The Morgan fingerprint density at radius 1 is 1.12 bits per heavy atom. The first kappa shape index (κ1) is 16.4. The minimum absolute atomic E-state index is 0.208. The third kappa shape index (κ3) is 3.89. The number of likely N-dealkylation sites (N-methyl/N-ethyl adjacent to an activating group) is 1. The molecule has 126 valence electrons. The summed E-state index contributed by atoms with van der Waals surface area (Å²) in [4.78, 5) is 25.9. The number of carbonyl (C=O) groups excluding carboxylic acids is 1. The number of rotatable bonds is 4. The van der Waals surface area contributed by atoms with E-state index < -0.39 is 0 Å². The molecule has 2 aromatic rings. The van der Waals surface area contributed by atoms with Crippen LogP contribution in [-0.2, 0) is 0 Å². The molecule has 1 aromatic heterocycles. The van der Waals surface area contributed by atoms with Gasteiger partial charge in [-0.3, -0.25) is 4.79 Å². The molecule has 1 aliphatic heterocycles. The standard InChI is InChI=1S/C18H23N5O/c1-3-22-9-11-23(12-10-22)17-13-16(19-14(2)20-17)18(24)21-15-7-5-4-6-8-15/h4-8,13H,3,9-12H2,1-2H3,(H,21,24). The SMILES string of the molecule is CCN1CCN(c2cc(C(=O)Nc3ccccc3)nc(C)n2)CC1. The molecule has 1 amide bonds. The fourth-order valence-corrected chi connectivity index (χ4v) is 2.84. The number of hydrogen-bond acceptors (Lipinski definition) is 5. The zero-order valence-corrected chi connectivity index (χ0v) is 14.2. The number of amides is 1. The van der Waals surface area contributed by atoms with Gasteiger partial charge in [-0.25, -0.2) is 9.97 Å². The highest BCUT2D eigenvalue weighted by atomic mass is 16.1. The molecule has 2 heterocycles. The van der Waals surface area contributed by atoms with Crippen molar-refractivity contribution in [1.82, 2.24) is 14.9 Å². The zero-order valence-electron chi connectivity index (χ0n) is 14.2. The van der Waals surface area contributed by atoms with Gasteiger partial charge >= 0.3 is 0 Å². The van der Waals surface area contributed by atoms with E-state index in [9.17, 15) is 4.79 Å². The molecule has 0 radical (unpaired) electrons. The second-order valence-corrected chi connectivity index (χ2v) is 5.90. The van der Waals surface area contributed by atoms with Crippen LogP contribution in [0.5, 0.6) is 0 Å². The molecule has 0 saturated carbocycles. The van der Waals surface area contributed by atoms with Crippen LogP contribution in [-0.4, -0.2) is 53.5 Å². The van der Waals surface area contributed by atoms with Crippen molar-refractivity contribution in [2.75, 3.05) is 42.9 Å². The average Bonchev–Trinajstić information content (AvgIpc) is 2.62. The first-order chi connectivity index (χ1) is 11.7. The predicted octanol–water partition coefficient (Wildman–Crippen LogP) is 2.18. The lowest BCUT2D eigenvalue weighted by molar-refractivity contribution is 0.102. The molecule has 1 fully saturated rings. The Bertz CT molecular complexity index is 696. The maximum atomic E-state index is 12.5. The summed E-state index contributed by atoms with van der Waals surface area (Å²) < 4.78 is 0. The molecule has 0 spiro atoms. The van der Waals surface area contributed by atoms with E-state index in [-0.39, 0.29) is 5.91 Å². The molecule has 1 N–H and O–H groups in total. The molecule has 6 heteroatoms. The van der Waals surface area contributed by atoms with Crippen LogP contribution >= 0.6 is 0 Å². The largest absolute Gasteiger partial charge is 0.354 e. The van der Waals surface area contributed by atoms with Crippen LogP contribution in [0.15, 0.2) is 36.4 Å². The lowest BCUT2D eigenvalue weighted by atomic mass is 10.2. The van der Waals surface area contributed by atoms with Crippen molar-refractivity contribution in [3.8, 4) is 0 Å². The van der Waals surface area contributed by atoms with Crippen LogP contribution in [0.1, 0.15) is 23.2 Å². The van der Waals surface area contributed by atoms with Gasteiger partial charge < -0.3 is 15.1 Å². The van der Waals surface area contributed by atoms with Crippen LogP contribution in [0, 0.1) is 6.92 Å². The number of nitrogens with zero attached hydrogens (tertiary/aromatic N) is 4. The van der Waals surface area contributed by atoms with E-state index in [2.05, 4.69) is 32.0 Å². The second-order valence-electron chi connectivity index (χ2n) is 5.90. The maximum absolute atomic E-state index is 12.5. The number of carbonyl (C=O) groups is 1. The normalized spacial score (nSPS) is 15.3. The molecular formula is C18H23N5O. The first-order valence-corrected chi connectivity index (χ1v) is 8.35. The van der Waals surface area contributed by atoms with Gasteiger partial charge in [-0.1, -0.05) is 25.1 Å². The predicted molar refractivity (Wildman–Crippen MR) is 95.5 cm³/mol. The van der Waals surface area contributed by atoms with Crippen molar-refractivity contribution in [2.24, 2.45) is 0 Å². The molecule has 0 aliphatic carbocycles. The van der Waals surface area contributed by atoms with Crippen molar-refractivity contribution >= 4 is 17.4 Å². The Morgan fingerprint density at radius 2 is 1.83 bits per heavy atom. The highest BCUT2D eigenvalue weighted by molar-refractivity contribution is 6.03. The summed E-state index contributed by atoms with van der Waals surface area (Å²) in [6.45, 7) is 8.95. The lowest BCUT2D eigenvalue weighted by Gasteiger charge is -2.34. The Labute approximate surface area is 142 Å². The molecule has 0 bridgehead atoms. The molecule has 6 nitrogen and oxygen atoms in total. The summed E-state index contributed by atoms with van der Waals surface area (Å²) in [6.07, 6.45) is 0. The molecular weight excluding hydrogens is 302 g/mol. The van der Waals surface area contributed by atoms with Crippen molar-refractivity contribution in [3.63, 3.8) is 0 Å². The second kappa shape index (κ2) is 7.40. The minimum atomic E-state index is -0.208. The summed E-state index contributed by atoms with van der Waals surface area (Å²) >= 11 is 0. The maximum Gasteiger partial charge on any atom is 0.274 e. The monoisotopic (exact) mass is 325 g/mol. The molecule has 1 aromatic carbocycles. The van der Waals surface area contributed by atoms with Gasteiger partial charge in [0.25, 0.3) is 5.91 Å². The third-order valence-electron chi connectivity index (χ3n) is 4.23. The topological polar surface area (TPSA) is 61.4 Å². The Hall–Kier alpha value is -2.47. The van der Waals surface area contributed by atoms with Gasteiger partial charge in [-0.05, 0) is 25.6 Å². The van der Waals surface area contributed by atoms with E-state index in [1.54, 1.807) is 6.07 Å². The number of anilines is 2. The summed E-state index contributed by atoms with van der Waals surface area (Å²) in [6, 6.07) is 11.2. The molecule has 3 rings (SSSR count). The first-order valence-electron chi connectivity index (χ1n) is 8.35. The number of benzene rings is 1. The highest BCUT2D eigenvalue weighted by Gasteiger charge is 2.19. The number of piperazine rings is 1. The van der Waals surface area contributed by atoms with Gasteiger partial charge in [0.2, 0.25) is 0 Å². The molecule has 24 heavy (non-hydrogen) atoms. The summed E-state index contributed by atoms with van der Waals surface area (Å²) in [5.74, 6) is 1.24. The summed E-state index contributed by atoms with van der Waals surface area (Å²) in [7, 11) is 0. The number of nitrogens with one attached hydrogen (secondary N) is 1. The van der Waals surface area contributed by atoms with E-state index in [1.807, 2.05) is 37.3 Å². The van der Waals surface area contributed by atoms with E-state index in [0.717, 1.165) is 44.2 Å². The quantitative estimate of drug-likeness (QED) is 0.933. The van der Waals surface area contributed by atoms with E-state index in [4.69, 9.17) is 0 Å². The van der Waals surface area contributed by atoms with Crippen molar-refractivity contribution < 1.29 is 4.79 Å². The highest BCUT2D eigenvalue weighted by Crippen LogP contribution is 2.16. The van der Waals surface area contributed by atoms with Crippen LogP contribution in [0.3, 0.4) is 0 Å². The van der Waals surface area contributed by atoms with Crippen LogP contribution < -0.4 is 10.2 Å². The lowest BCUT2D eigenvalue weighted by Crippen LogP contribution is -2.46. The van der Waals surface area contributed by atoms with Gasteiger partial charge in [-0.2, -0.15) is 0 Å². The van der Waals surface area contributed by atoms with Crippen molar-refractivity contribution in [1.29, 1.82) is 0 Å². The van der Waals surface area contributed by atoms with Crippen LogP contribution in [0.25, 0.3) is 0 Å². The number of para-hydroxylation sites is 1. The smallest absolute Gasteiger partial charge is 0.274 e. The third-order valence-corrected chi connectivity index (χ3v) is 4.23. The minimum Gasteiger partial charge on any atom is -0.354 e. The van der Waals surface area contributed by atoms with Crippen LogP contribution in [0.2, 0.25) is 0 Å². The Kier molecular flexibility index (Phi) is 5.05. The van der Waals surface area contributed by atoms with Gasteiger partial charge in [0.1, 0.15) is 17.3 Å². The zero-order chi connectivity index (χ0) is 16.9. The van der Waals surface area contributed by atoms with Gasteiger partial charge in [0, 0.05) is 37.9 Å². The summed E-state index contributed by atoms with van der Waals surface area (Å²) in [5, 5.41) is 2.88. The Morgan fingerprint density at radius 3 is 2.50 bits per heavy atom. The number of hydrogen-bond donors (Lipinski definition) is 1. The molecule has 0 unspecified atom stereocenters. The number of aromatic nitrogens is 2. The van der Waals surface area contributed by atoms with E-state index >= 15 is 0 Å². The molecule has 0 atom stereocenters. The van der Waals surface area contributed by atoms with E-state index in [1.165, 1.54) is 0 Å². The number of aryl methyl sites for hydroxylation is 1.